The molecule has 7 heteroatoms. The highest BCUT2D eigenvalue weighted by atomic mass is 127. The SMILES string of the molecule is COc1cc(C(N)=O)c(I)cc1[N+](=O)[O-]. The van der Waals surface area contributed by atoms with Crippen molar-refractivity contribution in [3.8, 4) is 5.75 Å². The number of nitro groups is 1. The Bertz CT molecular complexity index is 433. The molecule has 1 aromatic rings. The first-order valence-corrected chi connectivity index (χ1v) is 4.87. The Balaban J connectivity index is 3.42. The highest BCUT2D eigenvalue weighted by Crippen LogP contribution is 2.30. The molecule has 0 fully saturated rings. The van der Waals surface area contributed by atoms with E-state index in [1.165, 1.54) is 19.2 Å². The lowest BCUT2D eigenvalue weighted by atomic mass is 10.2. The summed E-state index contributed by atoms with van der Waals surface area (Å²) in [5.41, 5.74) is 5.11. The number of ether oxygens (including phenoxy) is 1. The number of benzene rings is 1. The zero-order valence-electron chi connectivity index (χ0n) is 7.69. The molecule has 0 aromatic heterocycles. The average molecular weight is 322 g/mol. The van der Waals surface area contributed by atoms with Crippen molar-refractivity contribution in [3.63, 3.8) is 0 Å². The zero-order valence-corrected chi connectivity index (χ0v) is 9.85. The molecule has 0 atom stereocenters. The van der Waals surface area contributed by atoms with Crippen molar-refractivity contribution in [2.75, 3.05) is 7.11 Å². The third kappa shape index (κ3) is 2.35. The quantitative estimate of drug-likeness (QED) is 0.515. The van der Waals surface area contributed by atoms with Crippen LogP contribution >= 0.6 is 22.6 Å². The minimum Gasteiger partial charge on any atom is -0.490 e. The van der Waals surface area contributed by atoms with E-state index in [1.54, 1.807) is 22.6 Å². The molecular weight excluding hydrogens is 315 g/mol. The summed E-state index contributed by atoms with van der Waals surface area (Å²) in [6, 6.07) is 2.52. The Morgan fingerprint density at radius 2 is 2.20 bits per heavy atom. The smallest absolute Gasteiger partial charge is 0.312 e. The summed E-state index contributed by atoms with van der Waals surface area (Å²) in [6.45, 7) is 0. The molecule has 15 heavy (non-hydrogen) atoms. The number of hydrogen-bond donors (Lipinski definition) is 1. The summed E-state index contributed by atoms with van der Waals surface area (Å²) in [5, 5.41) is 10.6. The number of nitro benzene ring substituents is 1. The van der Waals surface area contributed by atoms with Crippen molar-refractivity contribution in [2.24, 2.45) is 5.73 Å². The maximum absolute atomic E-state index is 11.0. The minimum atomic E-state index is -0.646. The predicted octanol–water partition coefficient (Wildman–Crippen LogP) is 1.31. The first-order chi connectivity index (χ1) is 6.97. The van der Waals surface area contributed by atoms with Crippen LogP contribution in [-0.2, 0) is 0 Å². The van der Waals surface area contributed by atoms with Crippen LogP contribution in [0.5, 0.6) is 5.75 Å². The molecule has 0 bridgehead atoms. The second kappa shape index (κ2) is 4.43. The van der Waals surface area contributed by atoms with Crippen LogP contribution in [0, 0.1) is 13.7 Å². The fraction of sp³-hybridized carbons (Fsp3) is 0.125. The number of nitrogens with two attached hydrogens (primary N) is 1. The van der Waals surface area contributed by atoms with Gasteiger partial charge in [-0.2, -0.15) is 0 Å². The lowest BCUT2D eigenvalue weighted by Gasteiger charge is -2.05. The molecule has 0 aliphatic rings. The average Bonchev–Trinajstić information content (AvgIpc) is 2.16. The Morgan fingerprint density at radius 3 is 2.60 bits per heavy atom. The number of halogens is 1. The summed E-state index contributed by atoms with van der Waals surface area (Å²) in [7, 11) is 1.29. The van der Waals surface area contributed by atoms with Gasteiger partial charge in [-0.1, -0.05) is 0 Å². The normalized spacial score (nSPS) is 9.73. The van der Waals surface area contributed by atoms with Crippen molar-refractivity contribution in [2.45, 2.75) is 0 Å². The molecule has 0 aliphatic carbocycles. The summed E-state index contributed by atoms with van der Waals surface area (Å²) < 4.78 is 5.22. The van der Waals surface area contributed by atoms with Crippen LogP contribution in [0.15, 0.2) is 12.1 Å². The van der Waals surface area contributed by atoms with E-state index in [9.17, 15) is 14.9 Å². The molecule has 80 valence electrons. The Kier molecular flexibility index (Phi) is 3.45. The molecule has 1 aromatic carbocycles. The van der Waals surface area contributed by atoms with Crippen molar-refractivity contribution in [1.29, 1.82) is 0 Å². The number of amides is 1. The molecule has 0 heterocycles. The molecule has 0 spiro atoms. The van der Waals surface area contributed by atoms with Crippen LogP contribution in [0.3, 0.4) is 0 Å². The number of methoxy groups -OCH3 is 1. The van der Waals surface area contributed by atoms with Gasteiger partial charge in [0.2, 0.25) is 5.91 Å². The first-order valence-electron chi connectivity index (χ1n) is 3.79. The number of rotatable bonds is 3. The van der Waals surface area contributed by atoms with Gasteiger partial charge < -0.3 is 10.5 Å². The molecular formula is C8H7IN2O4. The second-order valence-electron chi connectivity index (χ2n) is 2.63. The van der Waals surface area contributed by atoms with E-state index in [2.05, 4.69) is 0 Å². The number of primary amides is 1. The van der Waals surface area contributed by atoms with Crippen molar-refractivity contribution < 1.29 is 14.5 Å². The lowest BCUT2D eigenvalue weighted by molar-refractivity contribution is -0.385. The standard InChI is InChI=1S/C8H7IN2O4/c1-15-7-2-4(8(10)12)5(9)3-6(7)11(13)14/h2-3H,1H3,(H2,10,12). The number of carbonyl (C=O) groups excluding carboxylic acids is 1. The largest absolute Gasteiger partial charge is 0.490 e. The molecule has 0 saturated carbocycles. The zero-order chi connectivity index (χ0) is 11.6. The molecule has 0 saturated heterocycles. The molecule has 6 nitrogen and oxygen atoms in total. The fourth-order valence-corrected chi connectivity index (χ4v) is 1.75. The van der Waals surface area contributed by atoms with Crippen LogP contribution < -0.4 is 10.5 Å². The summed E-state index contributed by atoms with van der Waals surface area (Å²) in [6.07, 6.45) is 0. The highest BCUT2D eigenvalue weighted by molar-refractivity contribution is 14.1. The Morgan fingerprint density at radius 1 is 1.60 bits per heavy atom. The summed E-state index contributed by atoms with van der Waals surface area (Å²) in [4.78, 5) is 21.0. The van der Waals surface area contributed by atoms with Crippen molar-refractivity contribution in [1.82, 2.24) is 0 Å². The molecule has 1 amide bonds. The van der Waals surface area contributed by atoms with Gasteiger partial charge in [-0.3, -0.25) is 14.9 Å². The van der Waals surface area contributed by atoms with Gasteiger partial charge in [0.1, 0.15) is 0 Å². The third-order valence-electron chi connectivity index (χ3n) is 1.73. The van der Waals surface area contributed by atoms with Gasteiger partial charge >= 0.3 is 5.69 Å². The molecule has 0 radical (unpaired) electrons. The molecule has 1 rings (SSSR count). The molecule has 0 aliphatic heterocycles. The van der Waals surface area contributed by atoms with Crippen LogP contribution in [-0.4, -0.2) is 17.9 Å². The first kappa shape index (κ1) is 11.7. The van der Waals surface area contributed by atoms with Gasteiger partial charge in [0, 0.05) is 15.7 Å². The maximum atomic E-state index is 11.0. The van der Waals surface area contributed by atoms with Crippen LogP contribution in [0.2, 0.25) is 0 Å². The molecule has 0 unspecified atom stereocenters. The predicted molar refractivity (Wildman–Crippen MR) is 60.9 cm³/mol. The third-order valence-corrected chi connectivity index (χ3v) is 2.62. The van der Waals surface area contributed by atoms with Gasteiger partial charge in [0.05, 0.1) is 17.6 Å². The van der Waals surface area contributed by atoms with E-state index in [-0.39, 0.29) is 17.0 Å². The monoisotopic (exact) mass is 322 g/mol. The summed E-state index contributed by atoms with van der Waals surface area (Å²) in [5.74, 6) is -0.623. The van der Waals surface area contributed by atoms with E-state index in [4.69, 9.17) is 10.5 Å². The van der Waals surface area contributed by atoms with Gasteiger partial charge in [0.25, 0.3) is 0 Å². The Hall–Kier alpha value is -1.38. The van der Waals surface area contributed by atoms with Crippen LogP contribution in [0.25, 0.3) is 0 Å². The van der Waals surface area contributed by atoms with E-state index in [0.29, 0.717) is 3.57 Å². The van der Waals surface area contributed by atoms with Crippen molar-refractivity contribution in [3.05, 3.63) is 31.4 Å². The topological polar surface area (TPSA) is 95.5 Å². The van der Waals surface area contributed by atoms with Gasteiger partial charge in [0.15, 0.2) is 5.75 Å². The minimum absolute atomic E-state index is 0.0224. The van der Waals surface area contributed by atoms with Crippen molar-refractivity contribution >= 4 is 34.2 Å². The fourth-order valence-electron chi connectivity index (χ4n) is 1.04. The maximum Gasteiger partial charge on any atom is 0.312 e. The second-order valence-corrected chi connectivity index (χ2v) is 3.79. The van der Waals surface area contributed by atoms with E-state index >= 15 is 0 Å². The highest BCUT2D eigenvalue weighted by Gasteiger charge is 2.19. The van der Waals surface area contributed by atoms with Gasteiger partial charge in [-0.05, 0) is 22.6 Å². The van der Waals surface area contributed by atoms with Crippen LogP contribution in [0.1, 0.15) is 10.4 Å². The molecule has 2 N–H and O–H groups in total. The lowest BCUT2D eigenvalue weighted by Crippen LogP contribution is -2.13. The summed E-state index contributed by atoms with van der Waals surface area (Å²) >= 11 is 1.81. The van der Waals surface area contributed by atoms with E-state index in [0.717, 1.165) is 0 Å². The van der Waals surface area contributed by atoms with Gasteiger partial charge in [-0.15, -0.1) is 0 Å². The number of nitrogens with zero attached hydrogens (tertiary/aromatic N) is 1. The van der Waals surface area contributed by atoms with E-state index < -0.39 is 10.8 Å². The van der Waals surface area contributed by atoms with Crippen LogP contribution in [0.4, 0.5) is 5.69 Å². The van der Waals surface area contributed by atoms with E-state index in [1.807, 2.05) is 0 Å². The number of carbonyl (C=O) groups is 1. The Labute approximate surface area is 98.7 Å². The number of hydrogen-bond acceptors (Lipinski definition) is 4. The van der Waals surface area contributed by atoms with Gasteiger partial charge in [-0.25, -0.2) is 0 Å².